The van der Waals surface area contributed by atoms with Gasteiger partial charge in [-0.2, -0.15) is 4.31 Å². The lowest BCUT2D eigenvalue weighted by atomic mass is 10.3. The Labute approximate surface area is 169 Å². The molecular formula is C17H25N3O8S. The summed E-state index contributed by atoms with van der Waals surface area (Å²) in [5.74, 6) is -1.06. The van der Waals surface area contributed by atoms with E-state index >= 15 is 0 Å². The lowest BCUT2D eigenvalue weighted by molar-refractivity contribution is -0.139. The van der Waals surface area contributed by atoms with E-state index in [-0.39, 0.29) is 43.5 Å². The van der Waals surface area contributed by atoms with Gasteiger partial charge >= 0.3 is 11.8 Å². The van der Waals surface area contributed by atoms with Crippen LogP contribution in [0.25, 0.3) is 0 Å². The fraction of sp³-hybridized carbons (Fsp3) is 0.529. The molecule has 0 radical (unpaired) electrons. The first-order valence-corrected chi connectivity index (χ1v) is 10.2. The van der Waals surface area contributed by atoms with Gasteiger partial charge in [-0.25, -0.2) is 8.42 Å². The maximum absolute atomic E-state index is 13.0. The van der Waals surface area contributed by atoms with E-state index in [9.17, 15) is 18.0 Å². The summed E-state index contributed by atoms with van der Waals surface area (Å²) in [5, 5.41) is 4.75. The van der Waals surface area contributed by atoms with Gasteiger partial charge in [-0.3, -0.25) is 9.59 Å². The van der Waals surface area contributed by atoms with E-state index in [2.05, 4.69) is 10.6 Å². The first-order chi connectivity index (χ1) is 13.8. The summed E-state index contributed by atoms with van der Waals surface area (Å²) in [6, 6.07) is 4.24. The molecule has 2 N–H and O–H groups in total. The van der Waals surface area contributed by atoms with Gasteiger partial charge in [0.25, 0.3) is 0 Å². The summed E-state index contributed by atoms with van der Waals surface area (Å²) in [4.78, 5) is 23.5. The van der Waals surface area contributed by atoms with Crippen LogP contribution in [-0.4, -0.2) is 84.9 Å². The normalized spacial score (nSPS) is 17.0. The van der Waals surface area contributed by atoms with Crippen molar-refractivity contribution < 1.29 is 37.0 Å². The van der Waals surface area contributed by atoms with Crippen LogP contribution in [0.2, 0.25) is 0 Å². The Balaban J connectivity index is 2.06. The Morgan fingerprint density at radius 3 is 2.48 bits per heavy atom. The number of ether oxygens (including phenoxy) is 4. The van der Waals surface area contributed by atoms with Gasteiger partial charge in [0.15, 0.2) is 11.5 Å². The topological polar surface area (TPSA) is 132 Å². The zero-order valence-electron chi connectivity index (χ0n) is 16.5. The summed E-state index contributed by atoms with van der Waals surface area (Å²) < 4.78 is 47.6. The predicted octanol–water partition coefficient (Wildman–Crippen LogP) is -1.07. The predicted molar refractivity (Wildman–Crippen MR) is 101 cm³/mol. The van der Waals surface area contributed by atoms with Crippen LogP contribution in [0.4, 0.5) is 0 Å². The van der Waals surface area contributed by atoms with E-state index in [1.54, 1.807) is 0 Å². The van der Waals surface area contributed by atoms with Gasteiger partial charge in [0.1, 0.15) is 6.23 Å². The number of nitrogens with one attached hydrogen (secondary N) is 2. The highest BCUT2D eigenvalue weighted by Crippen LogP contribution is 2.31. The highest BCUT2D eigenvalue weighted by atomic mass is 32.2. The molecule has 0 bridgehead atoms. The standard InChI is InChI=1S/C17H25N3O8S/c1-25-8-6-18-16(21)17(22)19-11-15-20(7-9-28-15)29(23,24)12-4-5-13(26-2)14(10-12)27-3/h4-5,10,15H,6-9,11H2,1-3H3,(H,18,21)(H,19,22)/t15-/m0/s1. The molecule has 11 nitrogen and oxygen atoms in total. The number of carbonyl (C=O) groups excluding carboxylic acids is 2. The number of hydrogen-bond donors (Lipinski definition) is 2. The van der Waals surface area contributed by atoms with Crippen LogP contribution in [0.1, 0.15) is 0 Å². The average Bonchev–Trinajstić information content (AvgIpc) is 3.21. The van der Waals surface area contributed by atoms with Gasteiger partial charge in [-0.1, -0.05) is 0 Å². The van der Waals surface area contributed by atoms with E-state index in [4.69, 9.17) is 18.9 Å². The van der Waals surface area contributed by atoms with Crippen LogP contribution < -0.4 is 20.1 Å². The van der Waals surface area contributed by atoms with Crippen molar-refractivity contribution in [3.8, 4) is 11.5 Å². The SMILES string of the molecule is COCCNC(=O)C(=O)NC[C@@H]1OCCN1S(=O)(=O)c1ccc(OC)c(OC)c1. The number of carbonyl (C=O) groups is 2. The van der Waals surface area contributed by atoms with Crippen molar-refractivity contribution in [3.05, 3.63) is 18.2 Å². The van der Waals surface area contributed by atoms with Crippen molar-refractivity contribution in [2.24, 2.45) is 0 Å². The Hall–Kier alpha value is -2.41. The van der Waals surface area contributed by atoms with E-state index in [0.717, 1.165) is 4.31 Å². The van der Waals surface area contributed by atoms with Gasteiger partial charge in [-0.15, -0.1) is 0 Å². The fourth-order valence-corrected chi connectivity index (χ4v) is 4.19. The summed E-state index contributed by atoms with van der Waals surface area (Å²) >= 11 is 0. The number of nitrogens with zero attached hydrogens (tertiary/aromatic N) is 1. The molecule has 29 heavy (non-hydrogen) atoms. The molecule has 2 rings (SSSR count). The number of amides is 2. The van der Waals surface area contributed by atoms with Crippen LogP contribution in [0.15, 0.2) is 23.1 Å². The number of sulfonamides is 1. The molecule has 1 heterocycles. The van der Waals surface area contributed by atoms with Crippen molar-refractivity contribution in [2.45, 2.75) is 11.1 Å². The Kier molecular flexibility index (Phi) is 8.20. The number of rotatable bonds is 9. The van der Waals surface area contributed by atoms with Gasteiger partial charge < -0.3 is 29.6 Å². The minimum absolute atomic E-state index is 0.00529. The van der Waals surface area contributed by atoms with E-state index in [0.29, 0.717) is 5.75 Å². The molecule has 0 spiro atoms. The lowest BCUT2D eigenvalue weighted by Gasteiger charge is -2.23. The second-order valence-corrected chi connectivity index (χ2v) is 7.81. The molecule has 1 aliphatic heterocycles. The molecule has 1 aliphatic rings. The molecule has 12 heteroatoms. The Morgan fingerprint density at radius 1 is 1.14 bits per heavy atom. The van der Waals surface area contributed by atoms with Gasteiger partial charge in [0.05, 0.1) is 38.9 Å². The highest BCUT2D eigenvalue weighted by Gasteiger charge is 2.37. The summed E-state index contributed by atoms with van der Waals surface area (Å²) in [7, 11) is 0.397. The number of methoxy groups -OCH3 is 3. The van der Waals surface area contributed by atoms with Crippen molar-refractivity contribution >= 4 is 21.8 Å². The zero-order chi connectivity index (χ0) is 21.4. The summed E-state index contributed by atoms with van der Waals surface area (Å²) in [6.07, 6.45) is -0.941. The molecule has 0 unspecified atom stereocenters. The van der Waals surface area contributed by atoms with Crippen molar-refractivity contribution in [1.82, 2.24) is 14.9 Å². The van der Waals surface area contributed by atoms with E-state index < -0.39 is 28.1 Å². The van der Waals surface area contributed by atoms with Gasteiger partial charge in [0, 0.05) is 26.3 Å². The molecule has 1 atom stereocenters. The third-order valence-corrected chi connectivity index (χ3v) is 6.02. The average molecular weight is 431 g/mol. The zero-order valence-corrected chi connectivity index (χ0v) is 17.3. The number of benzene rings is 1. The molecule has 0 saturated carbocycles. The molecule has 162 valence electrons. The molecule has 1 saturated heterocycles. The van der Waals surface area contributed by atoms with Crippen molar-refractivity contribution in [2.75, 3.05) is 54.2 Å². The van der Waals surface area contributed by atoms with Crippen LogP contribution >= 0.6 is 0 Å². The third-order valence-electron chi connectivity index (χ3n) is 4.14. The van der Waals surface area contributed by atoms with E-state index in [1.165, 1.54) is 39.5 Å². The van der Waals surface area contributed by atoms with E-state index in [1.807, 2.05) is 0 Å². The fourth-order valence-electron chi connectivity index (χ4n) is 2.66. The Bertz CT molecular complexity index is 830. The van der Waals surface area contributed by atoms with Crippen molar-refractivity contribution in [3.63, 3.8) is 0 Å². The highest BCUT2D eigenvalue weighted by molar-refractivity contribution is 7.89. The maximum atomic E-state index is 13.0. The second-order valence-electron chi connectivity index (χ2n) is 5.92. The van der Waals surface area contributed by atoms with Gasteiger partial charge in [0.2, 0.25) is 10.0 Å². The maximum Gasteiger partial charge on any atom is 0.309 e. The largest absolute Gasteiger partial charge is 0.493 e. The minimum atomic E-state index is -3.93. The summed E-state index contributed by atoms with van der Waals surface area (Å²) in [5.41, 5.74) is 0. The molecule has 1 aromatic carbocycles. The third kappa shape index (κ3) is 5.56. The molecular weight excluding hydrogens is 406 g/mol. The van der Waals surface area contributed by atoms with Crippen LogP contribution in [0.3, 0.4) is 0 Å². The summed E-state index contributed by atoms with van der Waals surface area (Å²) in [6.45, 7) is 0.540. The molecule has 0 aromatic heterocycles. The minimum Gasteiger partial charge on any atom is -0.493 e. The molecule has 1 aromatic rings. The molecule has 1 fully saturated rings. The van der Waals surface area contributed by atoms with Crippen molar-refractivity contribution in [1.29, 1.82) is 0 Å². The quantitative estimate of drug-likeness (QED) is 0.373. The molecule has 2 amide bonds. The second kappa shape index (κ2) is 10.4. The van der Waals surface area contributed by atoms with Crippen LogP contribution in [0, 0.1) is 0 Å². The first kappa shape index (κ1) is 22.9. The van der Waals surface area contributed by atoms with Gasteiger partial charge in [-0.05, 0) is 12.1 Å². The Morgan fingerprint density at radius 2 is 1.83 bits per heavy atom. The van der Waals surface area contributed by atoms with Crippen LogP contribution in [-0.2, 0) is 29.1 Å². The number of hydrogen-bond acceptors (Lipinski definition) is 8. The molecule has 0 aliphatic carbocycles. The lowest BCUT2D eigenvalue weighted by Crippen LogP contribution is -2.47. The monoisotopic (exact) mass is 431 g/mol. The first-order valence-electron chi connectivity index (χ1n) is 8.75. The smallest absolute Gasteiger partial charge is 0.309 e. The van der Waals surface area contributed by atoms with Crippen LogP contribution in [0.5, 0.6) is 11.5 Å².